The molecule has 26 heavy (non-hydrogen) atoms. The van der Waals surface area contributed by atoms with Crippen LogP contribution in [0.3, 0.4) is 0 Å². The molecule has 5 nitrogen and oxygen atoms in total. The second-order valence-electron chi connectivity index (χ2n) is 6.33. The maximum atomic E-state index is 12.3. The van der Waals surface area contributed by atoms with Crippen LogP contribution in [-0.4, -0.2) is 25.3 Å². The van der Waals surface area contributed by atoms with Gasteiger partial charge in [0.25, 0.3) is 0 Å². The molecule has 0 spiro atoms. The number of thiophene rings is 1. The van der Waals surface area contributed by atoms with Crippen molar-refractivity contribution in [2.45, 2.75) is 26.2 Å². The number of carbonyl (C=O) groups is 1. The van der Waals surface area contributed by atoms with Gasteiger partial charge in [-0.2, -0.15) is 0 Å². The van der Waals surface area contributed by atoms with Crippen LogP contribution in [0.4, 0.5) is 10.7 Å². The van der Waals surface area contributed by atoms with Gasteiger partial charge in [-0.15, -0.1) is 11.3 Å². The van der Waals surface area contributed by atoms with E-state index in [4.69, 9.17) is 21.7 Å². The van der Waals surface area contributed by atoms with E-state index in [0.717, 1.165) is 35.5 Å². The third kappa shape index (κ3) is 3.83. The summed E-state index contributed by atoms with van der Waals surface area (Å²) in [5, 5.41) is 7.46. The van der Waals surface area contributed by atoms with E-state index in [1.54, 1.807) is 18.4 Å². The van der Waals surface area contributed by atoms with Crippen LogP contribution in [0.1, 0.15) is 34.1 Å². The highest BCUT2D eigenvalue weighted by atomic mass is 32.1. The number of rotatable bonds is 4. The molecule has 0 saturated heterocycles. The quantitative estimate of drug-likeness (QED) is 0.593. The Morgan fingerprint density at radius 1 is 1.27 bits per heavy atom. The summed E-state index contributed by atoms with van der Waals surface area (Å²) in [5.74, 6) is 1.00. The Hall–Kier alpha value is -2.12. The second kappa shape index (κ2) is 8.05. The highest BCUT2D eigenvalue weighted by Gasteiger charge is 2.28. The third-order valence-electron chi connectivity index (χ3n) is 4.48. The maximum Gasteiger partial charge on any atom is 0.341 e. The van der Waals surface area contributed by atoms with Crippen LogP contribution in [0, 0.1) is 5.92 Å². The molecule has 3 rings (SSSR count). The minimum atomic E-state index is -0.320. The van der Waals surface area contributed by atoms with Crippen molar-refractivity contribution >= 4 is 45.3 Å². The van der Waals surface area contributed by atoms with Gasteiger partial charge in [0.1, 0.15) is 10.8 Å². The topological polar surface area (TPSA) is 59.6 Å². The molecule has 7 heteroatoms. The average Bonchev–Trinajstić information content (AvgIpc) is 2.98. The van der Waals surface area contributed by atoms with Crippen molar-refractivity contribution in [1.82, 2.24) is 0 Å². The van der Waals surface area contributed by atoms with Crippen LogP contribution >= 0.6 is 23.6 Å². The summed E-state index contributed by atoms with van der Waals surface area (Å²) >= 11 is 7.04. The number of anilines is 2. The lowest BCUT2D eigenvalue weighted by atomic mass is 9.88. The fourth-order valence-corrected chi connectivity index (χ4v) is 4.84. The molecule has 1 aliphatic rings. The van der Waals surface area contributed by atoms with Gasteiger partial charge < -0.3 is 20.1 Å². The van der Waals surface area contributed by atoms with E-state index >= 15 is 0 Å². The fraction of sp³-hybridized carbons (Fsp3) is 0.368. The van der Waals surface area contributed by atoms with E-state index < -0.39 is 0 Å². The molecule has 0 saturated carbocycles. The number of para-hydroxylation sites is 2. The first kappa shape index (κ1) is 18.7. The van der Waals surface area contributed by atoms with Gasteiger partial charge in [0.15, 0.2) is 5.11 Å². The monoisotopic (exact) mass is 390 g/mol. The van der Waals surface area contributed by atoms with Crippen molar-refractivity contribution < 1.29 is 14.3 Å². The molecule has 0 bridgehead atoms. The first-order chi connectivity index (χ1) is 12.5. The first-order valence-corrected chi connectivity index (χ1v) is 9.69. The molecule has 0 amide bonds. The zero-order chi connectivity index (χ0) is 18.7. The van der Waals surface area contributed by atoms with Crippen LogP contribution in [0.15, 0.2) is 24.3 Å². The van der Waals surface area contributed by atoms with Crippen LogP contribution in [0.25, 0.3) is 0 Å². The molecule has 0 radical (unpaired) electrons. The fourth-order valence-electron chi connectivity index (χ4n) is 3.16. The van der Waals surface area contributed by atoms with E-state index in [9.17, 15) is 4.79 Å². The van der Waals surface area contributed by atoms with Crippen molar-refractivity contribution in [1.29, 1.82) is 0 Å². The third-order valence-corrected chi connectivity index (χ3v) is 5.86. The van der Waals surface area contributed by atoms with Gasteiger partial charge in [0.2, 0.25) is 0 Å². The molecule has 2 N–H and O–H groups in total. The summed E-state index contributed by atoms with van der Waals surface area (Å²) in [4.78, 5) is 13.6. The number of hydrogen-bond donors (Lipinski definition) is 2. The Morgan fingerprint density at radius 2 is 2.04 bits per heavy atom. The summed E-state index contributed by atoms with van der Waals surface area (Å²) in [5.41, 5.74) is 2.48. The normalized spacial score (nSPS) is 15.7. The van der Waals surface area contributed by atoms with E-state index in [0.29, 0.717) is 22.3 Å². The maximum absolute atomic E-state index is 12.3. The molecule has 1 unspecified atom stereocenters. The van der Waals surface area contributed by atoms with Gasteiger partial charge in [0.05, 0.1) is 25.5 Å². The lowest BCUT2D eigenvalue weighted by molar-refractivity contribution is 0.0601. The summed E-state index contributed by atoms with van der Waals surface area (Å²) in [6.07, 6.45) is 2.96. The molecular weight excluding hydrogens is 368 g/mol. The van der Waals surface area contributed by atoms with Crippen LogP contribution in [0.2, 0.25) is 0 Å². The Bertz CT molecular complexity index is 832. The number of methoxy groups -OCH3 is 2. The minimum absolute atomic E-state index is 0.320. The molecule has 1 atom stereocenters. The number of benzene rings is 1. The largest absolute Gasteiger partial charge is 0.495 e. The summed E-state index contributed by atoms with van der Waals surface area (Å²) in [7, 11) is 3.02. The van der Waals surface area contributed by atoms with E-state index in [1.807, 2.05) is 24.3 Å². The lowest BCUT2D eigenvalue weighted by Crippen LogP contribution is -2.20. The molecule has 1 aliphatic carbocycles. The molecule has 1 aromatic heterocycles. The molecule has 0 fully saturated rings. The molecule has 0 aliphatic heterocycles. The van der Waals surface area contributed by atoms with Gasteiger partial charge in [-0.3, -0.25) is 0 Å². The van der Waals surface area contributed by atoms with Gasteiger partial charge in [0, 0.05) is 4.88 Å². The number of carbonyl (C=O) groups excluding carboxylic acids is 1. The van der Waals surface area contributed by atoms with E-state index in [1.165, 1.54) is 12.0 Å². The number of esters is 1. The standard InChI is InChI=1S/C19H22N2O3S2/c1-11-8-9-12-15(10-11)26-17(16(12)18(22)24-3)21-19(25)20-13-6-4-5-7-14(13)23-2/h4-7,11H,8-10H2,1-3H3,(H2,20,21,25). The van der Waals surface area contributed by atoms with Gasteiger partial charge in [-0.25, -0.2) is 4.79 Å². The van der Waals surface area contributed by atoms with E-state index in [2.05, 4.69) is 17.6 Å². The summed E-state index contributed by atoms with van der Waals surface area (Å²) < 4.78 is 10.3. The number of hydrogen-bond acceptors (Lipinski definition) is 5. The number of nitrogens with one attached hydrogen (secondary N) is 2. The first-order valence-electron chi connectivity index (χ1n) is 8.47. The smallest absolute Gasteiger partial charge is 0.341 e. The zero-order valence-corrected chi connectivity index (χ0v) is 16.7. The Labute approximate surface area is 162 Å². The Kier molecular flexibility index (Phi) is 5.78. The average molecular weight is 391 g/mol. The van der Waals surface area contributed by atoms with Crippen molar-refractivity contribution in [3.63, 3.8) is 0 Å². The molecule has 2 aromatic rings. The van der Waals surface area contributed by atoms with Crippen molar-refractivity contribution in [3.05, 3.63) is 40.3 Å². The van der Waals surface area contributed by atoms with Gasteiger partial charge >= 0.3 is 5.97 Å². The summed E-state index contributed by atoms with van der Waals surface area (Å²) in [6, 6.07) is 7.54. The molecule has 1 heterocycles. The van der Waals surface area contributed by atoms with Crippen LogP contribution in [0.5, 0.6) is 5.75 Å². The number of ether oxygens (including phenoxy) is 2. The Morgan fingerprint density at radius 3 is 2.77 bits per heavy atom. The highest BCUT2D eigenvalue weighted by Crippen LogP contribution is 2.40. The van der Waals surface area contributed by atoms with Crippen LogP contribution in [-0.2, 0) is 17.6 Å². The zero-order valence-electron chi connectivity index (χ0n) is 15.0. The molecular formula is C19H22N2O3S2. The van der Waals surface area contributed by atoms with Gasteiger partial charge in [-0.05, 0) is 55.1 Å². The van der Waals surface area contributed by atoms with E-state index in [-0.39, 0.29) is 5.97 Å². The molecule has 1 aromatic carbocycles. The van der Waals surface area contributed by atoms with Crippen molar-refractivity contribution in [2.75, 3.05) is 24.9 Å². The van der Waals surface area contributed by atoms with Crippen molar-refractivity contribution in [2.24, 2.45) is 5.92 Å². The highest BCUT2D eigenvalue weighted by molar-refractivity contribution is 7.80. The molecule has 138 valence electrons. The van der Waals surface area contributed by atoms with Gasteiger partial charge in [-0.1, -0.05) is 19.1 Å². The minimum Gasteiger partial charge on any atom is -0.495 e. The lowest BCUT2D eigenvalue weighted by Gasteiger charge is -2.18. The second-order valence-corrected chi connectivity index (χ2v) is 7.84. The predicted molar refractivity (Wildman–Crippen MR) is 110 cm³/mol. The number of thiocarbonyl (C=S) groups is 1. The Balaban J connectivity index is 1.85. The number of fused-ring (bicyclic) bond motifs is 1. The van der Waals surface area contributed by atoms with Crippen molar-refractivity contribution in [3.8, 4) is 5.75 Å². The summed E-state index contributed by atoms with van der Waals surface area (Å²) in [6.45, 7) is 2.24. The predicted octanol–water partition coefficient (Wildman–Crippen LogP) is 4.48. The van der Waals surface area contributed by atoms with Crippen LogP contribution < -0.4 is 15.4 Å². The SMILES string of the molecule is COC(=O)c1c(NC(=S)Nc2ccccc2OC)sc2c1CCC(C)C2.